The minimum Gasteiger partial charge on any atom is -0.348 e. The number of carbonyl (C=O) groups excluding carboxylic acids is 1. The van der Waals surface area contributed by atoms with Gasteiger partial charge in [-0.15, -0.1) is 0 Å². The van der Waals surface area contributed by atoms with Gasteiger partial charge >= 0.3 is 6.18 Å². The van der Waals surface area contributed by atoms with E-state index >= 15 is 0 Å². The van der Waals surface area contributed by atoms with E-state index in [9.17, 15) is 28.1 Å². The molecule has 116 valence electrons. The molecule has 1 aromatic rings. The van der Waals surface area contributed by atoms with Gasteiger partial charge in [0.2, 0.25) is 5.91 Å². The van der Waals surface area contributed by atoms with Gasteiger partial charge in [0.05, 0.1) is 24.1 Å². The minimum absolute atomic E-state index is 0.121. The van der Waals surface area contributed by atoms with Gasteiger partial charge in [0, 0.05) is 12.1 Å². The molecule has 0 fully saturated rings. The molecular formula is C12H14F3N3O3. The van der Waals surface area contributed by atoms with Crippen LogP contribution in [-0.4, -0.2) is 30.1 Å². The number of halogens is 3. The van der Waals surface area contributed by atoms with Crippen molar-refractivity contribution in [3.63, 3.8) is 0 Å². The Labute approximate surface area is 118 Å². The van der Waals surface area contributed by atoms with Crippen LogP contribution in [0.2, 0.25) is 0 Å². The topological polar surface area (TPSA) is 84.3 Å². The number of nitro groups is 1. The Kier molecular flexibility index (Phi) is 5.65. The molecule has 0 saturated heterocycles. The highest BCUT2D eigenvalue weighted by Crippen LogP contribution is 2.18. The molecule has 0 aliphatic carbocycles. The van der Waals surface area contributed by atoms with Crippen LogP contribution in [0.15, 0.2) is 24.3 Å². The van der Waals surface area contributed by atoms with Gasteiger partial charge in [-0.25, -0.2) is 0 Å². The molecule has 9 heteroatoms. The van der Waals surface area contributed by atoms with E-state index in [2.05, 4.69) is 5.32 Å². The van der Waals surface area contributed by atoms with Crippen molar-refractivity contribution in [1.29, 1.82) is 0 Å². The van der Waals surface area contributed by atoms with Crippen molar-refractivity contribution in [2.24, 2.45) is 0 Å². The summed E-state index contributed by atoms with van der Waals surface area (Å²) in [5.74, 6) is -0.627. The summed E-state index contributed by atoms with van der Waals surface area (Å²) in [5, 5.41) is 15.1. The monoisotopic (exact) mass is 305 g/mol. The molecule has 1 atom stereocenters. The Morgan fingerprint density at radius 2 is 2.10 bits per heavy atom. The van der Waals surface area contributed by atoms with Crippen LogP contribution in [0.4, 0.5) is 18.9 Å². The van der Waals surface area contributed by atoms with Crippen molar-refractivity contribution in [3.8, 4) is 0 Å². The van der Waals surface area contributed by atoms with Crippen molar-refractivity contribution in [2.75, 3.05) is 13.1 Å². The maximum atomic E-state index is 11.9. The van der Waals surface area contributed by atoms with Crippen LogP contribution in [0, 0.1) is 10.1 Å². The molecule has 0 aliphatic rings. The number of rotatable bonds is 6. The van der Waals surface area contributed by atoms with Crippen LogP contribution >= 0.6 is 0 Å². The lowest BCUT2D eigenvalue weighted by Gasteiger charge is -2.15. The summed E-state index contributed by atoms with van der Waals surface area (Å²) < 4.78 is 35.7. The second-order valence-corrected chi connectivity index (χ2v) is 4.36. The average Bonchev–Trinajstić information content (AvgIpc) is 2.37. The first kappa shape index (κ1) is 16.9. The molecule has 0 spiro atoms. The highest BCUT2D eigenvalue weighted by Gasteiger charge is 2.26. The maximum absolute atomic E-state index is 11.9. The first-order valence-electron chi connectivity index (χ1n) is 6.00. The third-order valence-electron chi connectivity index (χ3n) is 2.57. The highest BCUT2D eigenvalue weighted by atomic mass is 19.4. The highest BCUT2D eigenvalue weighted by molar-refractivity contribution is 5.78. The summed E-state index contributed by atoms with van der Waals surface area (Å²) in [7, 11) is 0. The predicted molar refractivity (Wildman–Crippen MR) is 68.6 cm³/mol. The van der Waals surface area contributed by atoms with E-state index in [-0.39, 0.29) is 5.69 Å². The summed E-state index contributed by atoms with van der Waals surface area (Å²) in [5.41, 5.74) is 0.372. The molecule has 0 aromatic heterocycles. The van der Waals surface area contributed by atoms with Crippen LogP contribution in [0.3, 0.4) is 0 Å². The zero-order valence-electron chi connectivity index (χ0n) is 11.1. The number of nitrogens with one attached hydrogen (secondary N) is 2. The zero-order chi connectivity index (χ0) is 16.0. The van der Waals surface area contributed by atoms with Crippen LogP contribution in [-0.2, 0) is 4.79 Å². The fourth-order valence-corrected chi connectivity index (χ4v) is 1.60. The van der Waals surface area contributed by atoms with Gasteiger partial charge in [-0.05, 0) is 12.5 Å². The number of carbonyl (C=O) groups is 1. The fourth-order valence-electron chi connectivity index (χ4n) is 1.60. The lowest BCUT2D eigenvalue weighted by Crippen LogP contribution is -2.39. The molecule has 0 radical (unpaired) electrons. The van der Waals surface area contributed by atoms with E-state index in [0.29, 0.717) is 5.56 Å². The number of hydrogen-bond acceptors (Lipinski definition) is 4. The van der Waals surface area contributed by atoms with Gasteiger partial charge in [0.15, 0.2) is 0 Å². The Morgan fingerprint density at radius 1 is 1.43 bits per heavy atom. The average molecular weight is 305 g/mol. The molecule has 0 aliphatic heterocycles. The summed E-state index contributed by atoms with van der Waals surface area (Å²) >= 11 is 0. The lowest BCUT2D eigenvalue weighted by atomic mass is 10.1. The van der Waals surface area contributed by atoms with Crippen LogP contribution in [0.1, 0.15) is 18.5 Å². The van der Waals surface area contributed by atoms with Crippen molar-refractivity contribution < 1.29 is 22.9 Å². The summed E-state index contributed by atoms with van der Waals surface area (Å²) in [6, 6.07) is 5.11. The van der Waals surface area contributed by atoms with Gasteiger partial charge in [-0.3, -0.25) is 14.9 Å². The van der Waals surface area contributed by atoms with Crippen LogP contribution in [0.25, 0.3) is 0 Å². The molecule has 0 bridgehead atoms. The number of amides is 1. The summed E-state index contributed by atoms with van der Waals surface area (Å²) in [4.78, 5) is 21.5. The molecule has 1 rings (SSSR count). The lowest BCUT2D eigenvalue weighted by molar-refractivity contribution is -0.384. The largest absolute Gasteiger partial charge is 0.401 e. The standard InChI is InChI=1S/C12H14F3N3O3/c1-8(9-3-2-4-10(5-9)18(20)21)17-11(19)6-16-7-12(13,14)15/h2-5,8,16H,6-7H2,1H3,(H,17,19). The Balaban J connectivity index is 2.52. The van der Waals surface area contributed by atoms with Gasteiger partial charge < -0.3 is 10.6 Å². The molecule has 6 nitrogen and oxygen atoms in total. The van der Waals surface area contributed by atoms with Crippen LogP contribution in [0.5, 0.6) is 0 Å². The molecule has 1 unspecified atom stereocenters. The molecule has 2 N–H and O–H groups in total. The quantitative estimate of drug-likeness (QED) is 0.621. The Morgan fingerprint density at radius 3 is 2.67 bits per heavy atom. The van der Waals surface area contributed by atoms with E-state index in [4.69, 9.17) is 0 Å². The van der Waals surface area contributed by atoms with E-state index < -0.39 is 36.1 Å². The third kappa shape index (κ3) is 6.21. The van der Waals surface area contributed by atoms with Crippen molar-refractivity contribution in [2.45, 2.75) is 19.1 Å². The van der Waals surface area contributed by atoms with E-state index in [0.717, 1.165) is 0 Å². The van der Waals surface area contributed by atoms with E-state index in [1.165, 1.54) is 18.2 Å². The normalized spacial score (nSPS) is 12.8. The number of hydrogen-bond donors (Lipinski definition) is 2. The van der Waals surface area contributed by atoms with Crippen molar-refractivity contribution >= 4 is 11.6 Å². The SMILES string of the molecule is CC(NC(=O)CNCC(F)(F)F)c1cccc([N+](=O)[O-])c1. The number of alkyl halides is 3. The second kappa shape index (κ2) is 7.02. The first-order valence-corrected chi connectivity index (χ1v) is 6.00. The predicted octanol–water partition coefficient (Wildman–Crippen LogP) is 1.92. The summed E-state index contributed by atoms with van der Waals surface area (Å²) in [6.45, 7) is -0.162. The van der Waals surface area contributed by atoms with Gasteiger partial charge in [-0.2, -0.15) is 13.2 Å². The first-order chi connectivity index (χ1) is 9.69. The van der Waals surface area contributed by atoms with Crippen molar-refractivity contribution in [1.82, 2.24) is 10.6 Å². The number of non-ortho nitro benzene ring substituents is 1. The molecule has 0 saturated carbocycles. The maximum Gasteiger partial charge on any atom is 0.401 e. The van der Waals surface area contributed by atoms with Crippen LogP contribution < -0.4 is 10.6 Å². The van der Waals surface area contributed by atoms with Gasteiger partial charge in [-0.1, -0.05) is 12.1 Å². The molecule has 21 heavy (non-hydrogen) atoms. The summed E-state index contributed by atoms with van der Waals surface area (Å²) in [6.07, 6.45) is -4.38. The second-order valence-electron chi connectivity index (χ2n) is 4.36. The van der Waals surface area contributed by atoms with Crippen molar-refractivity contribution in [3.05, 3.63) is 39.9 Å². The van der Waals surface area contributed by atoms with Gasteiger partial charge in [0.1, 0.15) is 0 Å². The molecule has 1 aromatic carbocycles. The molecule has 0 heterocycles. The Hall–Kier alpha value is -2.16. The number of nitro benzene ring substituents is 1. The smallest absolute Gasteiger partial charge is 0.348 e. The number of benzene rings is 1. The molecule has 1 amide bonds. The van der Waals surface area contributed by atoms with E-state index in [1.807, 2.05) is 5.32 Å². The Bertz CT molecular complexity index is 520. The zero-order valence-corrected chi connectivity index (χ0v) is 11.1. The third-order valence-corrected chi connectivity index (χ3v) is 2.57. The van der Waals surface area contributed by atoms with E-state index in [1.54, 1.807) is 13.0 Å². The fraction of sp³-hybridized carbons (Fsp3) is 0.417. The molecular weight excluding hydrogens is 291 g/mol. The number of nitrogens with zero attached hydrogens (tertiary/aromatic N) is 1. The minimum atomic E-state index is -4.38. The van der Waals surface area contributed by atoms with Gasteiger partial charge in [0.25, 0.3) is 5.69 Å².